The van der Waals surface area contributed by atoms with E-state index in [0.717, 1.165) is 30.8 Å². The van der Waals surface area contributed by atoms with Gasteiger partial charge in [-0.1, -0.05) is 13.8 Å². The molecule has 1 heterocycles. The molecule has 1 aromatic heterocycles. The minimum Gasteiger partial charge on any atom is -0.444 e. The Morgan fingerprint density at radius 3 is 2.50 bits per heavy atom. The number of rotatable bonds is 5. The van der Waals surface area contributed by atoms with E-state index in [9.17, 15) is 4.79 Å². The molecule has 0 unspecified atom stereocenters. The van der Waals surface area contributed by atoms with Gasteiger partial charge in [-0.25, -0.2) is 9.78 Å². The molecule has 2 N–H and O–H groups in total. The SMILES string of the molecule is CC.Cc1cnc(CCCCNC(=O)OC(C)(C)C)[nH]1. The summed E-state index contributed by atoms with van der Waals surface area (Å²) in [5.41, 5.74) is 0.646. The lowest BCUT2D eigenvalue weighted by Gasteiger charge is -2.19. The van der Waals surface area contributed by atoms with Crippen molar-refractivity contribution >= 4 is 6.09 Å². The molecule has 0 fully saturated rings. The van der Waals surface area contributed by atoms with Crippen LogP contribution < -0.4 is 5.32 Å². The number of unbranched alkanes of at least 4 members (excludes halogenated alkanes) is 1. The van der Waals surface area contributed by atoms with Gasteiger partial charge >= 0.3 is 6.09 Å². The van der Waals surface area contributed by atoms with Crippen LogP contribution in [-0.4, -0.2) is 28.2 Å². The van der Waals surface area contributed by atoms with Crippen molar-refractivity contribution < 1.29 is 9.53 Å². The van der Waals surface area contributed by atoms with Crippen LogP contribution in [0.4, 0.5) is 4.79 Å². The topological polar surface area (TPSA) is 67.0 Å². The molecule has 20 heavy (non-hydrogen) atoms. The number of nitrogens with zero attached hydrogens (tertiary/aromatic N) is 1. The maximum Gasteiger partial charge on any atom is 0.407 e. The third kappa shape index (κ3) is 9.42. The minimum absolute atomic E-state index is 0.351. The Bertz CT molecular complexity index is 381. The second-order valence-corrected chi connectivity index (χ2v) is 5.40. The summed E-state index contributed by atoms with van der Waals surface area (Å²) in [6.07, 6.45) is 4.29. The summed E-state index contributed by atoms with van der Waals surface area (Å²) in [7, 11) is 0. The Hall–Kier alpha value is -1.52. The van der Waals surface area contributed by atoms with Gasteiger partial charge in [0, 0.05) is 24.9 Å². The van der Waals surface area contributed by atoms with E-state index >= 15 is 0 Å². The highest BCUT2D eigenvalue weighted by molar-refractivity contribution is 5.67. The number of hydrogen-bond acceptors (Lipinski definition) is 3. The van der Waals surface area contributed by atoms with E-state index < -0.39 is 5.60 Å². The zero-order valence-electron chi connectivity index (χ0n) is 13.7. The Kier molecular flexibility index (Phi) is 8.68. The van der Waals surface area contributed by atoms with Crippen LogP contribution in [0.25, 0.3) is 0 Å². The number of aromatic amines is 1. The van der Waals surface area contributed by atoms with Gasteiger partial charge in [0.15, 0.2) is 0 Å². The monoisotopic (exact) mass is 283 g/mol. The molecule has 5 nitrogen and oxygen atoms in total. The Morgan fingerprint density at radius 1 is 1.35 bits per heavy atom. The molecule has 0 saturated carbocycles. The fourth-order valence-corrected chi connectivity index (χ4v) is 1.52. The molecule has 0 spiro atoms. The number of imidazole rings is 1. The number of carbonyl (C=O) groups excluding carboxylic acids is 1. The highest BCUT2D eigenvalue weighted by atomic mass is 16.6. The zero-order chi connectivity index (χ0) is 15.6. The number of H-pyrrole nitrogens is 1. The largest absolute Gasteiger partial charge is 0.444 e. The van der Waals surface area contributed by atoms with Crippen molar-refractivity contribution in [1.29, 1.82) is 0 Å². The average Bonchev–Trinajstić information content (AvgIpc) is 2.75. The number of nitrogens with one attached hydrogen (secondary N) is 2. The van der Waals surface area contributed by atoms with Crippen LogP contribution in [0.5, 0.6) is 0 Å². The minimum atomic E-state index is -0.435. The Labute approximate surface area is 122 Å². The van der Waals surface area contributed by atoms with Crippen LogP contribution in [0.3, 0.4) is 0 Å². The summed E-state index contributed by atoms with van der Waals surface area (Å²) in [4.78, 5) is 18.8. The summed E-state index contributed by atoms with van der Waals surface area (Å²) in [6, 6.07) is 0. The zero-order valence-corrected chi connectivity index (χ0v) is 13.7. The first-order valence-corrected chi connectivity index (χ1v) is 7.34. The van der Waals surface area contributed by atoms with Crippen molar-refractivity contribution in [2.45, 2.75) is 66.4 Å². The predicted molar refractivity (Wildman–Crippen MR) is 81.8 cm³/mol. The van der Waals surface area contributed by atoms with E-state index in [0.29, 0.717) is 6.54 Å². The summed E-state index contributed by atoms with van der Waals surface area (Å²) in [6.45, 7) is 12.2. The summed E-state index contributed by atoms with van der Waals surface area (Å²) in [5.74, 6) is 1.00. The molecule has 5 heteroatoms. The van der Waals surface area contributed by atoms with Crippen molar-refractivity contribution in [2.75, 3.05) is 6.54 Å². The quantitative estimate of drug-likeness (QED) is 0.811. The number of carbonyl (C=O) groups is 1. The van der Waals surface area contributed by atoms with Crippen LogP contribution in [0.2, 0.25) is 0 Å². The molecular weight excluding hydrogens is 254 g/mol. The first-order valence-electron chi connectivity index (χ1n) is 7.34. The molecule has 0 aromatic carbocycles. The van der Waals surface area contributed by atoms with Crippen LogP contribution in [0.1, 0.15) is 59.0 Å². The van der Waals surface area contributed by atoms with Gasteiger partial charge in [0.25, 0.3) is 0 Å². The fraction of sp³-hybridized carbons (Fsp3) is 0.733. The third-order valence-corrected chi connectivity index (χ3v) is 2.26. The van der Waals surface area contributed by atoms with Gasteiger partial charge in [0.05, 0.1) is 0 Å². The van der Waals surface area contributed by atoms with Crippen LogP contribution >= 0.6 is 0 Å². The first kappa shape index (κ1) is 18.5. The van der Waals surface area contributed by atoms with Gasteiger partial charge in [-0.2, -0.15) is 0 Å². The highest BCUT2D eigenvalue weighted by Gasteiger charge is 2.15. The molecule has 0 atom stereocenters. The number of ether oxygens (including phenoxy) is 1. The molecule has 0 radical (unpaired) electrons. The van der Waals surface area contributed by atoms with Crippen molar-refractivity contribution in [2.24, 2.45) is 0 Å². The van der Waals surface area contributed by atoms with Crippen molar-refractivity contribution in [3.8, 4) is 0 Å². The van der Waals surface area contributed by atoms with Gasteiger partial charge in [-0.3, -0.25) is 0 Å². The van der Waals surface area contributed by atoms with Gasteiger partial charge in [0.2, 0.25) is 0 Å². The molecular formula is C15H29N3O2. The van der Waals surface area contributed by atoms with Crippen LogP contribution in [0.15, 0.2) is 6.20 Å². The molecule has 0 aliphatic rings. The van der Waals surface area contributed by atoms with Gasteiger partial charge in [-0.05, 0) is 40.5 Å². The molecule has 0 aliphatic carbocycles. The third-order valence-electron chi connectivity index (χ3n) is 2.26. The highest BCUT2D eigenvalue weighted by Crippen LogP contribution is 2.06. The lowest BCUT2D eigenvalue weighted by Crippen LogP contribution is -2.33. The molecule has 1 amide bonds. The lowest BCUT2D eigenvalue weighted by atomic mass is 10.2. The second kappa shape index (κ2) is 9.39. The smallest absolute Gasteiger partial charge is 0.407 e. The average molecular weight is 283 g/mol. The van der Waals surface area contributed by atoms with Gasteiger partial charge in [-0.15, -0.1) is 0 Å². The standard InChI is InChI=1S/C13H23N3O2.C2H6/c1-10-9-15-11(16-10)7-5-6-8-14-12(17)18-13(2,3)4;1-2/h9H,5-8H2,1-4H3,(H,14,17)(H,15,16);1-2H3. The predicted octanol–water partition coefficient (Wildman–Crippen LogP) is 3.59. The molecule has 116 valence electrons. The van der Waals surface area contributed by atoms with Crippen molar-refractivity contribution in [3.63, 3.8) is 0 Å². The van der Waals surface area contributed by atoms with Crippen molar-refractivity contribution in [3.05, 3.63) is 17.7 Å². The number of amides is 1. The normalized spacial score (nSPS) is 10.5. The molecule has 1 aromatic rings. The molecule has 0 aliphatic heterocycles. The second-order valence-electron chi connectivity index (χ2n) is 5.40. The maximum absolute atomic E-state index is 11.3. The number of hydrogen-bond donors (Lipinski definition) is 2. The summed E-state index contributed by atoms with van der Waals surface area (Å²) >= 11 is 0. The van der Waals surface area contributed by atoms with Gasteiger partial charge < -0.3 is 15.0 Å². The van der Waals surface area contributed by atoms with Gasteiger partial charge in [0.1, 0.15) is 11.4 Å². The molecule has 0 bridgehead atoms. The van der Waals surface area contributed by atoms with E-state index in [1.165, 1.54) is 0 Å². The Morgan fingerprint density at radius 2 is 2.00 bits per heavy atom. The summed E-state index contributed by atoms with van der Waals surface area (Å²) < 4.78 is 5.14. The fourth-order valence-electron chi connectivity index (χ4n) is 1.52. The van der Waals surface area contributed by atoms with E-state index in [1.54, 1.807) is 0 Å². The van der Waals surface area contributed by atoms with Crippen LogP contribution in [-0.2, 0) is 11.2 Å². The first-order chi connectivity index (χ1) is 9.37. The van der Waals surface area contributed by atoms with E-state index in [-0.39, 0.29) is 6.09 Å². The molecule has 0 saturated heterocycles. The number of aryl methyl sites for hydroxylation is 2. The lowest BCUT2D eigenvalue weighted by molar-refractivity contribution is 0.0527. The number of aromatic nitrogens is 2. The Balaban J connectivity index is 0.00000172. The molecule has 1 rings (SSSR count). The van der Waals surface area contributed by atoms with E-state index in [4.69, 9.17) is 4.74 Å². The maximum atomic E-state index is 11.3. The van der Waals surface area contributed by atoms with Crippen molar-refractivity contribution in [1.82, 2.24) is 15.3 Å². The number of alkyl carbamates (subject to hydrolysis) is 1. The van der Waals surface area contributed by atoms with E-state index in [1.807, 2.05) is 47.7 Å². The van der Waals surface area contributed by atoms with Crippen LogP contribution in [0, 0.1) is 6.92 Å². The summed E-state index contributed by atoms with van der Waals surface area (Å²) in [5, 5.41) is 2.74. The van der Waals surface area contributed by atoms with E-state index in [2.05, 4.69) is 15.3 Å².